The molecule has 22 heavy (non-hydrogen) atoms. The van der Waals surface area contributed by atoms with Crippen molar-refractivity contribution in [2.45, 2.75) is 19.3 Å². The Balaban J connectivity index is 1.69. The number of benzene rings is 1. The second kappa shape index (κ2) is 8.15. The van der Waals surface area contributed by atoms with Crippen LogP contribution in [0.2, 0.25) is 5.02 Å². The number of hydrogen-bond acceptors (Lipinski definition) is 3. The summed E-state index contributed by atoms with van der Waals surface area (Å²) in [6.45, 7) is 1.38. The van der Waals surface area contributed by atoms with Crippen LogP contribution in [0.25, 0.3) is 0 Å². The molecule has 6 heteroatoms. The Morgan fingerprint density at radius 1 is 1.14 bits per heavy atom. The van der Waals surface area contributed by atoms with E-state index in [1.165, 1.54) is 0 Å². The van der Waals surface area contributed by atoms with E-state index in [-0.39, 0.29) is 17.7 Å². The Morgan fingerprint density at radius 2 is 1.82 bits per heavy atom. The van der Waals surface area contributed by atoms with Gasteiger partial charge >= 0.3 is 0 Å². The molecular formula is C16H22ClN3O2. The molecule has 0 bridgehead atoms. The van der Waals surface area contributed by atoms with Crippen LogP contribution in [0.3, 0.4) is 0 Å². The minimum atomic E-state index is -0.174. The van der Waals surface area contributed by atoms with Crippen molar-refractivity contribution in [3.8, 4) is 0 Å². The molecule has 0 radical (unpaired) electrons. The van der Waals surface area contributed by atoms with Crippen LogP contribution in [0.1, 0.15) is 29.6 Å². The fourth-order valence-corrected chi connectivity index (χ4v) is 2.99. The van der Waals surface area contributed by atoms with Crippen LogP contribution >= 0.6 is 11.6 Å². The number of carbonyl (C=O) groups excluding carboxylic acids is 2. The van der Waals surface area contributed by atoms with Gasteiger partial charge in [-0.1, -0.05) is 18.0 Å². The van der Waals surface area contributed by atoms with Gasteiger partial charge in [0.2, 0.25) is 5.91 Å². The molecule has 2 atom stereocenters. The first kappa shape index (κ1) is 16.8. The summed E-state index contributed by atoms with van der Waals surface area (Å²) in [4.78, 5) is 23.9. The molecule has 5 nitrogen and oxygen atoms in total. The van der Waals surface area contributed by atoms with Crippen LogP contribution in [-0.2, 0) is 4.79 Å². The van der Waals surface area contributed by atoms with Gasteiger partial charge in [0.15, 0.2) is 0 Å². The number of carbonyl (C=O) groups is 2. The predicted molar refractivity (Wildman–Crippen MR) is 86.7 cm³/mol. The van der Waals surface area contributed by atoms with Crippen molar-refractivity contribution in [2.24, 2.45) is 17.6 Å². The van der Waals surface area contributed by atoms with Crippen molar-refractivity contribution >= 4 is 23.4 Å². The molecule has 1 aliphatic carbocycles. The van der Waals surface area contributed by atoms with E-state index >= 15 is 0 Å². The molecule has 0 aliphatic heterocycles. The lowest BCUT2D eigenvalue weighted by atomic mass is 9.95. The summed E-state index contributed by atoms with van der Waals surface area (Å²) >= 11 is 5.78. The van der Waals surface area contributed by atoms with Gasteiger partial charge in [0, 0.05) is 29.6 Å². The van der Waals surface area contributed by atoms with Gasteiger partial charge in [-0.05, 0) is 49.6 Å². The molecule has 0 aromatic heterocycles. The predicted octanol–water partition coefficient (Wildman–Crippen LogP) is 1.56. The maximum Gasteiger partial charge on any atom is 0.251 e. The first-order valence-electron chi connectivity index (χ1n) is 7.63. The molecule has 0 unspecified atom stereocenters. The van der Waals surface area contributed by atoms with Crippen LogP contribution < -0.4 is 16.4 Å². The molecule has 1 saturated carbocycles. The highest BCUT2D eigenvalue weighted by Gasteiger charge is 2.31. The van der Waals surface area contributed by atoms with Crippen LogP contribution in [0, 0.1) is 11.8 Å². The lowest BCUT2D eigenvalue weighted by Crippen LogP contribution is -2.39. The monoisotopic (exact) mass is 323 g/mol. The normalized spacial score (nSPS) is 20.6. The highest BCUT2D eigenvalue weighted by Crippen LogP contribution is 2.30. The molecule has 1 aliphatic rings. The Morgan fingerprint density at radius 3 is 2.50 bits per heavy atom. The summed E-state index contributed by atoms with van der Waals surface area (Å²) in [5.41, 5.74) is 6.24. The highest BCUT2D eigenvalue weighted by atomic mass is 35.5. The SMILES string of the molecule is NC[C@H]1CCC[C@H]1C(=O)NCCNC(=O)c1ccc(Cl)cc1. The third-order valence-electron chi connectivity index (χ3n) is 4.11. The van der Waals surface area contributed by atoms with Crippen LogP contribution in [-0.4, -0.2) is 31.4 Å². The second-order valence-electron chi connectivity index (χ2n) is 5.59. The van der Waals surface area contributed by atoms with Crippen LogP contribution in [0.5, 0.6) is 0 Å². The number of rotatable bonds is 6. The number of amides is 2. The van der Waals surface area contributed by atoms with Crippen LogP contribution in [0.4, 0.5) is 0 Å². The Hall–Kier alpha value is -1.59. The molecule has 4 N–H and O–H groups in total. The topological polar surface area (TPSA) is 84.2 Å². The fraction of sp³-hybridized carbons (Fsp3) is 0.500. The van der Waals surface area contributed by atoms with Gasteiger partial charge in [0.1, 0.15) is 0 Å². The van der Waals surface area contributed by atoms with Gasteiger partial charge in [-0.15, -0.1) is 0 Å². The highest BCUT2D eigenvalue weighted by molar-refractivity contribution is 6.30. The largest absolute Gasteiger partial charge is 0.354 e. The summed E-state index contributed by atoms with van der Waals surface area (Å²) in [6.07, 6.45) is 3.00. The van der Waals surface area contributed by atoms with E-state index in [9.17, 15) is 9.59 Å². The minimum absolute atomic E-state index is 0.0250. The summed E-state index contributed by atoms with van der Waals surface area (Å²) in [6, 6.07) is 6.68. The Kier molecular flexibility index (Phi) is 6.21. The second-order valence-corrected chi connectivity index (χ2v) is 6.02. The van der Waals surface area contributed by atoms with E-state index < -0.39 is 0 Å². The van der Waals surface area contributed by atoms with Gasteiger partial charge < -0.3 is 16.4 Å². The van der Waals surface area contributed by atoms with Crippen molar-refractivity contribution in [1.82, 2.24) is 10.6 Å². The van der Waals surface area contributed by atoms with Gasteiger partial charge in [-0.25, -0.2) is 0 Å². The average molecular weight is 324 g/mol. The number of nitrogens with one attached hydrogen (secondary N) is 2. The van der Waals surface area contributed by atoms with Crippen LogP contribution in [0.15, 0.2) is 24.3 Å². The molecule has 0 spiro atoms. The summed E-state index contributed by atoms with van der Waals surface area (Å²) in [5.74, 6) is 0.195. The molecule has 0 saturated heterocycles. The van der Waals surface area contributed by atoms with E-state index in [1.54, 1.807) is 24.3 Å². The molecule has 1 aromatic rings. The summed E-state index contributed by atoms with van der Waals surface area (Å²) in [5, 5.41) is 6.24. The van der Waals surface area contributed by atoms with Crippen molar-refractivity contribution in [1.29, 1.82) is 0 Å². The zero-order valence-electron chi connectivity index (χ0n) is 12.5. The number of hydrogen-bond donors (Lipinski definition) is 3. The maximum absolute atomic E-state index is 12.1. The van der Waals surface area contributed by atoms with Gasteiger partial charge in [0.25, 0.3) is 5.91 Å². The summed E-state index contributed by atoms with van der Waals surface area (Å²) < 4.78 is 0. The Labute approximate surface area is 135 Å². The molecular weight excluding hydrogens is 302 g/mol. The van der Waals surface area contributed by atoms with Crippen molar-refractivity contribution in [3.05, 3.63) is 34.9 Å². The minimum Gasteiger partial charge on any atom is -0.354 e. The molecule has 2 rings (SSSR count). The first-order chi connectivity index (χ1) is 10.6. The lowest BCUT2D eigenvalue weighted by Gasteiger charge is -2.17. The van der Waals surface area contributed by atoms with E-state index in [0.29, 0.717) is 36.1 Å². The summed E-state index contributed by atoms with van der Waals surface area (Å²) in [7, 11) is 0. The third kappa shape index (κ3) is 4.45. The van der Waals surface area contributed by atoms with Gasteiger partial charge in [-0.2, -0.15) is 0 Å². The molecule has 120 valence electrons. The lowest BCUT2D eigenvalue weighted by molar-refractivity contribution is -0.125. The molecule has 0 heterocycles. The Bertz CT molecular complexity index is 519. The van der Waals surface area contributed by atoms with Crippen molar-refractivity contribution in [3.63, 3.8) is 0 Å². The van der Waals surface area contributed by atoms with E-state index in [2.05, 4.69) is 10.6 Å². The molecule has 1 fully saturated rings. The first-order valence-corrected chi connectivity index (χ1v) is 8.01. The standard InChI is InChI=1S/C16H22ClN3O2/c17-13-6-4-11(5-7-13)15(21)19-8-9-20-16(22)14-3-1-2-12(14)10-18/h4-7,12,14H,1-3,8-10,18H2,(H,19,21)(H,20,22)/t12-,14-/m1/s1. The van der Waals surface area contributed by atoms with E-state index in [1.807, 2.05) is 0 Å². The van der Waals surface area contributed by atoms with Crippen molar-refractivity contribution in [2.75, 3.05) is 19.6 Å². The quantitative estimate of drug-likeness (QED) is 0.695. The zero-order chi connectivity index (χ0) is 15.9. The fourth-order valence-electron chi connectivity index (χ4n) is 2.86. The number of nitrogens with two attached hydrogens (primary N) is 1. The molecule has 2 amide bonds. The number of halogens is 1. The maximum atomic E-state index is 12.1. The smallest absolute Gasteiger partial charge is 0.251 e. The van der Waals surface area contributed by atoms with Gasteiger partial charge in [0.05, 0.1) is 0 Å². The van der Waals surface area contributed by atoms with E-state index in [4.69, 9.17) is 17.3 Å². The zero-order valence-corrected chi connectivity index (χ0v) is 13.2. The molecule has 1 aromatic carbocycles. The van der Waals surface area contributed by atoms with Gasteiger partial charge in [-0.3, -0.25) is 9.59 Å². The average Bonchev–Trinajstić information content (AvgIpc) is 3.00. The van der Waals surface area contributed by atoms with E-state index in [0.717, 1.165) is 19.3 Å². The van der Waals surface area contributed by atoms with Crippen molar-refractivity contribution < 1.29 is 9.59 Å². The third-order valence-corrected chi connectivity index (χ3v) is 4.37.